The summed E-state index contributed by atoms with van der Waals surface area (Å²) in [5.74, 6) is -0.332. The van der Waals surface area contributed by atoms with E-state index in [2.05, 4.69) is 5.16 Å². The van der Waals surface area contributed by atoms with Crippen LogP contribution in [0.5, 0.6) is 5.75 Å². The first-order valence-electron chi connectivity index (χ1n) is 5.17. The Morgan fingerprint density at radius 1 is 1.47 bits per heavy atom. The zero-order valence-electron chi connectivity index (χ0n) is 9.52. The molecule has 0 fully saturated rings. The van der Waals surface area contributed by atoms with Gasteiger partial charge >= 0.3 is 0 Å². The van der Waals surface area contributed by atoms with E-state index in [1.54, 1.807) is 0 Å². The van der Waals surface area contributed by atoms with Gasteiger partial charge in [-0.25, -0.2) is 4.39 Å². The second kappa shape index (κ2) is 6.70. The molecule has 0 saturated carbocycles. The van der Waals surface area contributed by atoms with E-state index in [1.807, 2.05) is 6.92 Å². The van der Waals surface area contributed by atoms with Crippen molar-refractivity contribution in [1.29, 1.82) is 0 Å². The molecule has 1 aromatic rings. The highest BCUT2D eigenvalue weighted by atomic mass is 19.1. The van der Waals surface area contributed by atoms with Crippen molar-refractivity contribution in [3.63, 3.8) is 0 Å². The van der Waals surface area contributed by atoms with Crippen LogP contribution in [0.2, 0.25) is 0 Å². The lowest BCUT2D eigenvalue weighted by molar-refractivity contribution is 0.110. The van der Waals surface area contributed by atoms with Crippen molar-refractivity contribution in [2.45, 2.75) is 6.92 Å². The SMILES string of the molecule is CCOCCOc1ccc(F)cc1C(N)=NO. The van der Waals surface area contributed by atoms with Crippen LogP contribution in [0.3, 0.4) is 0 Å². The Morgan fingerprint density at radius 3 is 2.88 bits per heavy atom. The molecule has 0 aromatic heterocycles. The number of benzene rings is 1. The molecule has 0 aliphatic heterocycles. The van der Waals surface area contributed by atoms with Crippen LogP contribution in [0.15, 0.2) is 23.4 Å². The van der Waals surface area contributed by atoms with Crippen molar-refractivity contribution in [2.75, 3.05) is 19.8 Å². The molecule has 1 rings (SSSR count). The molecule has 3 N–H and O–H groups in total. The fourth-order valence-electron chi connectivity index (χ4n) is 1.24. The topological polar surface area (TPSA) is 77.1 Å². The van der Waals surface area contributed by atoms with Gasteiger partial charge in [-0.05, 0) is 25.1 Å². The van der Waals surface area contributed by atoms with Crippen molar-refractivity contribution in [2.24, 2.45) is 10.9 Å². The Labute approximate surface area is 98.6 Å². The minimum atomic E-state index is -0.483. The van der Waals surface area contributed by atoms with Crippen LogP contribution in [-0.4, -0.2) is 30.9 Å². The fraction of sp³-hybridized carbons (Fsp3) is 0.364. The van der Waals surface area contributed by atoms with Gasteiger partial charge in [0.05, 0.1) is 12.2 Å². The second-order valence-corrected chi connectivity index (χ2v) is 3.17. The van der Waals surface area contributed by atoms with E-state index in [0.717, 1.165) is 6.07 Å². The lowest BCUT2D eigenvalue weighted by Crippen LogP contribution is -2.16. The van der Waals surface area contributed by atoms with Crippen molar-refractivity contribution in [3.8, 4) is 5.75 Å². The number of hydrogen-bond donors (Lipinski definition) is 2. The van der Waals surface area contributed by atoms with Gasteiger partial charge in [-0.2, -0.15) is 0 Å². The van der Waals surface area contributed by atoms with E-state index in [1.165, 1.54) is 12.1 Å². The molecule has 5 nitrogen and oxygen atoms in total. The van der Waals surface area contributed by atoms with E-state index in [-0.39, 0.29) is 11.4 Å². The summed E-state index contributed by atoms with van der Waals surface area (Å²) in [6, 6.07) is 3.81. The first-order chi connectivity index (χ1) is 8.19. The summed E-state index contributed by atoms with van der Waals surface area (Å²) in [4.78, 5) is 0. The van der Waals surface area contributed by atoms with E-state index in [0.29, 0.717) is 25.6 Å². The maximum atomic E-state index is 13.0. The van der Waals surface area contributed by atoms with E-state index < -0.39 is 5.82 Å². The maximum absolute atomic E-state index is 13.0. The van der Waals surface area contributed by atoms with Crippen molar-refractivity contribution in [1.82, 2.24) is 0 Å². The Bertz CT molecular complexity index is 396. The number of nitrogens with zero attached hydrogens (tertiary/aromatic N) is 1. The van der Waals surface area contributed by atoms with Gasteiger partial charge < -0.3 is 20.4 Å². The molecule has 0 heterocycles. The fourth-order valence-corrected chi connectivity index (χ4v) is 1.24. The molecular weight excluding hydrogens is 227 g/mol. The van der Waals surface area contributed by atoms with Crippen LogP contribution in [0.4, 0.5) is 4.39 Å². The van der Waals surface area contributed by atoms with Crippen molar-refractivity contribution >= 4 is 5.84 Å². The summed E-state index contributed by atoms with van der Waals surface area (Å²) < 4.78 is 23.5. The normalized spacial score (nSPS) is 11.5. The summed E-state index contributed by atoms with van der Waals surface area (Å²) in [6.07, 6.45) is 0. The molecule has 0 unspecified atom stereocenters. The third-order valence-electron chi connectivity index (χ3n) is 2.01. The minimum absolute atomic E-state index is 0.198. The van der Waals surface area contributed by atoms with Gasteiger partial charge in [0.2, 0.25) is 0 Å². The van der Waals surface area contributed by atoms with Gasteiger partial charge in [-0.3, -0.25) is 0 Å². The molecule has 0 amide bonds. The second-order valence-electron chi connectivity index (χ2n) is 3.17. The predicted octanol–water partition coefficient (Wildman–Crippen LogP) is 1.34. The van der Waals surface area contributed by atoms with Gasteiger partial charge in [-0.1, -0.05) is 5.16 Å². The molecule has 1 aromatic carbocycles. The van der Waals surface area contributed by atoms with Gasteiger partial charge in [0.15, 0.2) is 5.84 Å². The average Bonchev–Trinajstić information content (AvgIpc) is 2.35. The third-order valence-corrected chi connectivity index (χ3v) is 2.01. The lowest BCUT2D eigenvalue weighted by Gasteiger charge is -2.10. The molecule has 0 radical (unpaired) electrons. The van der Waals surface area contributed by atoms with Crippen LogP contribution in [0.25, 0.3) is 0 Å². The summed E-state index contributed by atoms with van der Waals surface area (Å²) in [5.41, 5.74) is 5.63. The first kappa shape index (κ1) is 13.2. The maximum Gasteiger partial charge on any atom is 0.173 e. The van der Waals surface area contributed by atoms with Crippen LogP contribution in [0, 0.1) is 5.82 Å². The number of amidine groups is 1. The molecule has 6 heteroatoms. The summed E-state index contributed by atoms with van der Waals surface area (Å²) in [5, 5.41) is 11.4. The third kappa shape index (κ3) is 3.92. The molecule has 0 bridgehead atoms. The van der Waals surface area contributed by atoms with Gasteiger partial charge in [0.1, 0.15) is 18.2 Å². The van der Waals surface area contributed by atoms with Crippen LogP contribution < -0.4 is 10.5 Å². The zero-order valence-corrected chi connectivity index (χ0v) is 9.52. The number of oxime groups is 1. The number of rotatable bonds is 6. The quantitative estimate of drug-likeness (QED) is 0.259. The Morgan fingerprint density at radius 2 is 2.24 bits per heavy atom. The van der Waals surface area contributed by atoms with Crippen LogP contribution in [-0.2, 0) is 4.74 Å². The molecule has 0 aliphatic carbocycles. The summed E-state index contributed by atoms with van der Waals surface area (Å²) >= 11 is 0. The van der Waals surface area contributed by atoms with Crippen LogP contribution in [0.1, 0.15) is 12.5 Å². The van der Waals surface area contributed by atoms with Gasteiger partial charge in [-0.15, -0.1) is 0 Å². The van der Waals surface area contributed by atoms with Crippen molar-refractivity contribution < 1.29 is 19.1 Å². The smallest absolute Gasteiger partial charge is 0.173 e. The highest BCUT2D eigenvalue weighted by molar-refractivity contribution is 5.99. The summed E-state index contributed by atoms with van der Waals surface area (Å²) in [7, 11) is 0. The largest absolute Gasteiger partial charge is 0.490 e. The molecule has 0 atom stereocenters. The van der Waals surface area contributed by atoms with E-state index >= 15 is 0 Å². The first-order valence-corrected chi connectivity index (χ1v) is 5.17. The number of hydrogen-bond acceptors (Lipinski definition) is 4. The molecule has 0 spiro atoms. The standard InChI is InChI=1S/C11H15FN2O3/c1-2-16-5-6-17-10-4-3-8(12)7-9(10)11(13)14-15/h3-4,7,15H,2,5-6H2,1H3,(H2,13,14). The Kier molecular flexibility index (Phi) is 5.22. The lowest BCUT2D eigenvalue weighted by atomic mass is 10.2. The van der Waals surface area contributed by atoms with Gasteiger partial charge in [0.25, 0.3) is 0 Å². The monoisotopic (exact) mass is 242 g/mol. The molecule has 17 heavy (non-hydrogen) atoms. The van der Waals surface area contributed by atoms with E-state index in [4.69, 9.17) is 20.4 Å². The Balaban J connectivity index is 2.76. The molecule has 0 aliphatic rings. The number of ether oxygens (including phenoxy) is 2. The van der Waals surface area contributed by atoms with E-state index in [9.17, 15) is 4.39 Å². The average molecular weight is 242 g/mol. The van der Waals surface area contributed by atoms with Crippen molar-refractivity contribution in [3.05, 3.63) is 29.6 Å². The van der Waals surface area contributed by atoms with Crippen LogP contribution >= 0.6 is 0 Å². The van der Waals surface area contributed by atoms with Gasteiger partial charge in [0, 0.05) is 6.61 Å². The number of nitrogens with two attached hydrogens (primary N) is 1. The number of halogens is 1. The zero-order chi connectivity index (χ0) is 12.7. The predicted molar refractivity (Wildman–Crippen MR) is 60.9 cm³/mol. The minimum Gasteiger partial charge on any atom is -0.490 e. The molecule has 0 saturated heterocycles. The molecule has 94 valence electrons. The Hall–Kier alpha value is -1.82. The molecular formula is C11H15FN2O3. The highest BCUT2D eigenvalue weighted by Gasteiger charge is 2.09. The highest BCUT2D eigenvalue weighted by Crippen LogP contribution is 2.19. The summed E-state index contributed by atoms with van der Waals surface area (Å²) in [6.45, 7) is 3.20.